The number of halogens is 2. The molecule has 0 aliphatic carbocycles. The van der Waals surface area contributed by atoms with Crippen LogP contribution in [0.4, 0.5) is 5.69 Å². The molecule has 5 N–H and O–H groups in total. The van der Waals surface area contributed by atoms with Gasteiger partial charge in [0.15, 0.2) is 0 Å². The van der Waals surface area contributed by atoms with Gasteiger partial charge >= 0.3 is 5.97 Å². The standard InChI is InChI=1S/C7H11N3O2.2ClH.H2O/c1-4-7(8)5(2)10(9-4)3-6(11)12;;;/h3,8H2,1-2H3,(H,11,12);2*1H;1H2. The SMILES string of the molecule is Cc1nn(CC(=O)O)c(C)c1N.Cl.Cl.O. The van der Waals surface area contributed by atoms with Crippen LogP contribution in [0.1, 0.15) is 11.4 Å². The third-order valence-corrected chi connectivity index (χ3v) is 1.72. The van der Waals surface area contributed by atoms with E-state index in [0.717, 1.165) is 0 Å². The van der Waals surface area contributed by atoms with Gasteiger partial charge in [0, 0.05) is 0 Å². The van der Waals surface area contributed by atoms with Crippen molar-refractivity contribution >= 4 is 36.5 Å². The van der Waals surface area contributed by atoms with Gasteiger partial charge in [0.2, 0.25) is 0 Å². The Kier molecular flexibility index (Phi) is 9.56. The average Bonchev–Trinajstić information content (AvgIpc) is 2.17. The van der Waals surface area contributed by atoms with E-state index in [1.807, 2.05) is 0 Å². The van der Waals surface area contributed by atoms with Crippen molar-refractivity contribution in [3.63, 3.8) is 0 Å². The minimum absolute atomic E-state index is 0. The van der Waals surface area contributed by atoms with Crippen LogP contribution in [-0.2, 0) is 11.3 Å². The molecule has 0 fully saturated rings. The molecule has 0 aliphatic heterocycles. The number of nitrogens with zero attached hydrogens (tertiary/aromatic N) is 2. The molecule has 0 atom stereocenters. The van der Waals surface area contributed by atoms with Gasteiger partial charge in [0.1, 0.15) is 6.54 Å². The predicted molar refractivity (Wildman–Crippen MR) is 61.9 cm³/mol. The van der Waals surface area contributed by atoms with E-state index in [0.29, 0.717) is 17.1 Å². The summed E-state index contributed by atoms with van der Waals surface area (Å²) in [6.07, 6.45) is 0. The second-order valence-electron chi connectivity index (χ2n) is 2.64. The monoisotopic (exact) mass is 259 g/mol. The number of rotatable bonds is 2. The summed E-state index contributed by atoms with van der Waals surface area (Å²) < 4.78 is 1.38. The molecule has 1 aromatic rings. The molecule has 0 unspecified atom stereocenters. The van der Waals surface area contributed by atoms with Crippen LogP contribution in [0.5, 0.6) is 0 Å². The fourth-order valence-corrected chi connectivity index (χ4v) is 0.993. The fourth-order valence-electron chi connectivity index (χ4n) is 0.993. The number of nitrogens with two attached hydrogens (primary N) is 1. The van der Waals surface area contributed by atoms with Gasteiger partial charge in [-0.3, -0.25) is 9.48 Å². The normalized spacial score (nSPS) is 8.13. The van der Waals surface area contributed by atoms with Crippen molar-refractivity contribution in [2.45, 2.75) is 20.4 Å². The van der Waals surface area contributed by atoms with Crippen LogP contribution >= 0.6 is 24.8 Å². The van der Waals surface area contributed by atoms with Gasteiger partial charge in [-0.25, -0.2) is 0 Å². The summed E-state index contributed by atoms with van der Waals surface area (Å²) in [5, 5.41) is 12.5. The largest absolute Gasteiger partial charge is 0.480 e. The molecule has 0 aromatic carbocycles. The molecule has 0 bridgehead atoms. The molecular weight excluding hydrogens is 245 g/mol. The number of hydrogen-bond donors (Lipinski definition) is 2. The predicted octanol–water partition coefficient (Wildman–Crippen LogP) is 0.186. The topological polar surface area (TPSA) is 113 Å². The number of nitrogen functional groups attached to an aromatic ring is 1. The molecule has 0 radical (unpaired) electrons. The first kappa shape index (κ1) is 19.6. The zero-order chi connectivity index (χ0) is 9.30. The number of carboxylic acids is 1. The number of aliphatic carboxylic acids is 1. The van der Waals surface area contributed by atoms with E-state index in [9.17, 15) is 4.79 Å². The van der Waals surface area contributed by atoms with Crippen LogP contribution in [-0.4, -0.2) is 26.3 Å². The van der Waals surface area contributed by atoms with Gasteiger partial charge in [-0.2, -0.15) is 5.10 Å². The van der Waals surface area contributed by atoms with Gasteiger partial charge in [0.05, 0.1) is 17.1 Å². The molecule has 0 saturated carbocycles. The molecular formula is C7H15Cl2N3O3. The minimum Gasteiger partial charge on any atom is -0.480 e. The lowest BCUT2D eigenvalue weighted by molar-refractivity contribution is -0.137. The maximum Gasteiger partial charge on any atom is 0.325 e. The summed E-state index contributed by atoms with van der Waals surface area (Å²) in [6, 6.07) is 0. The Morgan fingerprint density at radius 1 is 1.47 bits per heavy atom. The van der Waals surface area contributed by atoms with E-state index in [1.54, 1.807) is 13.8 Å². The van der Waals surface area contributed by atoms with Crippen LogP contribution < -0.4 is 5.73 Å². The Morgan fingerprint density at radius 3 is 2.20 bits per heavy atom. The Morgan fingerprint density at radius 2 is 1.93 bits per heavy atom. The second kappa shape index (κ2) is 7.33. The lowest BCUT2D eigenvalue weighted by Crippen LogP contribution is -2.11. The molecule has 0 aliphatic rings. The Balaban J connectivity index is -0.000000480. The van der Waals surface area contributed by atoms with E-state index in [-0.39, 0.29) is 36.8 Å². The van der Waals surface area contributed by atoms with Gasteiger partial charge in [0.25, 0.3) is 0 Å². The van der Waals surface area contributed by atoms with Crippen LogP contribution in [0.2, 0.25) is 0 Å². The number of aromatic nitrogens is 2. The number of aryl methyl sites for hydroxylation is 1. The van der Waals surface area contributed by atoms with Crippen molar-refractivity contribution < 1.29 is 15.4 Å². The van der Waals surface area contributed by atoms with Crippen LogP contribution in [0, 0.1) is 13.8 Å². The molecule has 6 nitrogen and oxygen atoms in total. The maximum absolute atomic E-state index is 10.3. The lowest BCUT2D eigenvalue weighted by Gasteiger charge is -1.98. The Bertz CT molecular complexity index is 328. The zero-order valence-electron chi connectivity index (χ0n) is 8.35. The highest BCUT2D eigenvalue weighted by Crippen LogP contribution is 2.13. The Labute approximate surface area is 99.6 Å². The maximum atomic E-state index is 10.3. The molecule has 1 aromatic heterocycles. The molecule has 8 heteroatoms. The highest BCUT2D eigenvalue weighted by molar-refractivity contribution is 5.85. The summed E-state index contributed by atoms with van der Waals surface area (Å²) in [5.74, 6) is -0.916. The summed E-state index contributed by atoms with van der Waals surface area (Å²) in [5.41, 5.74) is 7.55. The summed E-state index contributed by atoms with van der Waals surface area (Å²) in [4.78, 5) is 10.3. The number of hydrogen-bond acceptors (Lipinski definition) is 3. The minimum atomic E-state index is -0.916. The molecule has 0 saturated heterocycles. The number of carbonyl (C=O) groups is 1. The second-order valence-corrected chi connectivity index (χ2v) is 2.64. The van der Waals surface area contributed by atoms with Crippen LogP contribution in [0.25, 0.3) is 0 Å². The summed E-state index contributed by atoms with van der Waals surface area (Å²) >= 11 is 0. The number of carboxylic acid groups (broad SMARTS) is 1. The van der Waals surface area contributed by atoms with Gasteiger partial charge in [-0.1, -0.05) is 0 Å². The van der Waals surface area contributed by atoms with Crippen molar-refractivity contribution in [3.8, 4) is 0 Å². The van der Waals surface area contributed by atoms with E-state index in [1.165, 1.54) is 4.68 Å². The first-order valence-electron chi connectivity index (χ1n) is 3.53. The third-order valence-electron chi connectivity index (χ3n) is 1.72. The zero-order valence-corrected chi connectivity index (χ0v) is 9.98. The molecule has 0 amide bonds. The van der Waals surface area contributed by atoms with Crippen molar-refractivity contribution in [1.29, 1.82) is 0 Å². The Hall–Kier alpha value is -0.980. The van der Waals surface area contributed by atoms with E-state index in [2.05, 4.69) is 5.10 Å². The highest BCUT2D eigenvalue weighted by atomic mass is 35.5. The summed E-state index contributed by atoms with van der Waals surface area (Å²) in [6.45, 7) is 3.36. The molecule has 1 rings (SSSR count). The molecule has 1 heterocycles. The van der Waals surface area contributed by atoms with Crippen molar-refractivity contribution in [2.24, 2.45) is 0 Å². The van der Waals surface area contributed by atoms with Gasteiger partial charge in [-0.15, -0.1) is 24.8 Å². The molecule has 15 heavy (non-hydrogen) atoms. The molecule has 90 valence electrons. The van der Waals surface area contributed by atoms with Gasteiger partial charge in [-0.05, 0) is 13.8 Å². The van der Waals surface area contributed by atoms with E-state index >= 15 is 0 Å². The lowest BCUT2D eigenvalue weighted by atomic mass is 10.3. The van der Waals surface area contributed by atoms with Crippen molar-refractivity contribution in [2.75, 3.05) is 5.73 Å². The van der Waals surface area contributed by atoms with Crippen molar-refractivity contribution in [3.05, 3.63) is 11.4 Å². The van der Waals surface area contributed by atoms with Gasteiger partial charge < -0.3 is 16.3 Å². The fraction of sp³-hybridized carbons (Fsp3) is 0.429. The van der Waals surface area contributed by atoms with Crippen LogP contribution in [0.15, 0.2) is 0 Å². The third kappa shape index (κ3) is 4.37. The van der Waals surface area contributed by atoms with E-state index < -0.39 is 5.97 Å². The smallest absolute Gasteiger partial charge is 0.325 e. The first-order chi connectivity index (χ1) is 5.52. The number of anilines is 1. The van der Waals surface area contributed by atoms with Crippen LogP contribution in [0.3, 0.4) is 0 Å². The average molecular weight is 260 g/mol. The first-order valence-corrected chi connectivity index (χ1v) is 3.53. The van der Waals surface area contributed by atoms with Crippen molar-refractivity contribution in [1.82, 2.24) is 9.78 Å². The quantitative estimate of drug-likeness (QED) is 0.789. The summed E-state index contributed by atoms with van der Waals surface area (Å²) in [7, 11) is 0. The highest BCUT2D eigenvalue weighted by Gasteiger charge is 2.09. The molecule has 0 spiro atoms. The van der Waals surface area contributed by atoms with E-state index in [4.69, 9.17) is 10.8 Å².